The van der Waals surface area contributed by atoms with Gasteiger partial charge in [0.05, 0.1) is 24.8 Å². The molecule has 0 spiro atoms. The van der Waals surface area contributed by atoms with Crippen LogP contribution >= 0.6 is 0 Å². The highest BCUT2D eigenvalue weighted by molar-refractivity contribution is 5.68. The highest BCUT2D eigenvalue weighted by Gasteiger charge is 2.00. The maximum absolute atomic E-state index is 11.0. The summed E-state index contributed by atoms with van der Waals surface area (Å²) < 4.78 is 10.9. The van der Waals surface area contributed by atoms with E-state index in [4.69, 9.17) is 14.7 Å². The number of rotatable bonds is 14. The Labute approximate surface area is 180 Å². The van der Waals surface area contributed by atoms with Gasteiger partial charge >= 0.3 is 5.97 Å². The van der Waals surface area contributed by atoms with Gasteiger partial charge in [0.2, 0.25) is 0 Å². The summed E-state index contributed by atoms with van der Waals surface area (Å²) in [4.78, 5) is 11.0. The Morgan fingerprint density at radius 2 is 1.27 bits per heavy atom. The molecule has 0 N–H and O–H groups in total. The van der Waals surface area contributed by atoms with Crippen molar-refractivity contribution in [1.82, 2.24) is 0 Å². The highest BCUT2D eigenvalue weighted by atomic mass is 16.5. The fraction of sp³-hybridized carbons (Fsp3) is 0.462. The Kier molecular flexibility index (Phi) is 11.1. The van der Waals surface area contributed by atoms with Crippen molar-refractivity contribution in [3.05, 3.63) is 54.1 Å². The van der Waals surface area contributed by atoms with E-state index < -0.39 is 0 Å². The number of esters is 1. The minimum Gasteiger partial charge on any atom is -0.494 e. The lowest BCUT2D eigenvalue weighted by molar-refractivity contribution is -0.143. The zero-order chi connectivity index (χ0) is 21.4. The summed E-state index contributed by atoms with van der Waals surface area (Å²) in [6, 6.07) is 17.9. The molecule has 0 heterocycles. The Morgan fingerprint density at radius 1 is 0.767 bits per heavy atom. The molecule has 0 aliphatic carbocycles. The topological polar surface area (TPSA) is 59.3 Å². The van der Waals surface area contributed by atoms with Crippen molar-refractivity contribution < 1.29 is 14.3 Å². The molecule has 30 heavy (non-hydrogen) atoms. The van der Waals surface area contributed by atoms with Crippen LogP contribution in [-0.4, -0.2) is 19.2 Å². The lowest BCUT2D eigenvalue weighted by Gasteiger charge is -2.08. The molecule has 4 nitrogen and oxygen atoms in total. The third-order valence-electron chi connectivity index (χ3n) is 5.06. The van der Waals surface area contributed by atoms with Crippen molar-refractivity contribution in [2.75, 3.05) is 13.2 Å². The molecule has 0 radical (unpaired) electrons. The van der Waals surface area contributed by atoms with E-state index in [9.17, 15) is 4.79 Å². The van der Waals surface area contributed by atoms with Crippen molar-refractivity contribution in [3.63, 3.8) is 0 Å². The molecule has 2 aromatic rings. The maximum atomic E-state index is 11.0. The van der Waals surface area contributed by atoms with Crippen LogP contribution in [0.3, 0.4) is 0 Å². The zero-order valence-corrected chi connectivity index (χ0v) is 18.1. The van der Waals surface area contributed by atoms with E-state index in [1.165, 1.54) is 32.1 Å². The van der Waals surface area contributed by atoms with Crippen LogP contribution in [0, 0.1) is 11.3 Å². The van der Waals surface area contributed by atoms with E-state index in [2.05, 4.69) is 18.2 Å². The molecule has 0 bridgehead atoms. The van der Waals surface area contributed by atoms with Crippen LogP contribution in [0.1, 0.15) is 70.3 Å². The van der Waals surface area contributed by atoms with Crippen LogP contribution in [0.2, 0.25) is 0 Å². The SMILES string of the molecule is CCC(=O)OCCCCCCCCCCOc1ccc(-c2ccc(C#N)cc2)cc1. The van der Waals surface area contributed by atoms with Gasteiger partial charge < -0.3 is 9.47 Å². The van der Waals surface area contributed by atoms with Crippen molar-refractivity contribution in [2.45, 2.75) is 64.7 Å². The number of benzene rings is 2. The third-order valence-corrected chi connectivity index (χ3v) is 5.06. The van der Waals surface area contributed by atoms with Crippen molar-refractivity contribution in [3.8, 4) is 22.9 Å². The summed E-state index contributed by atoms with van der Waals surface area (Å²) in [5, 5.41) is 8.88. The largest absolute Gasteiger partial charge is 0.494 e. The second-order valence-electron chi connectivity index (χ2n) is 7.46. The second kappa shape index (κ2) is 14.2. The van der Waals surface area contributed by atoms with Crippen molar-refractivity contribution in [1.29, 1.82) is 5.26 Å². The lowest BCUT2D eigenvalue weighted by Crippen LogP contribution is -2.03. The van der Waals surface area contributed by atoms with Gasteiger partial charge in [0.25, 0.3) is 0 Å². The van der Waals surface area contributed by atoms with Crippen LogP contribution in [0.15, 0.2) is 48.5 Å². The van der Waals surface area contributed by atoms with Gasteiger partial charge in [-0.2, -0.15) is 5.26 Å². The molecule has 0 amide bonds. The molecular formula is C26H33NO3. The molecule has 4 heteroatoms. The monoisotopic (exact) mass is 407 g/mol. The molecule has 2 aromatic carbocycles. The molecule has 0 fully saturated rings. The normalized spacial score (nSPS) is 10.4. The second-order valence-corrected chi connectivity index (χ2v) is 7.46. The molecular weight excluding hydrogens is 374 g/mol. The number of nitrogens with zero attached hydrogens (tertiary/aromatic N) is 1. The number of nitriles is 1. The first-order valence-corrected chi connectivity index (χ1v) is 11.1. The van der Waals surface area contributed by atoms with Gasteiger partial charge in [-0.05, 0) is 48.2 Å². The molecule has 2 rings (SSSR count). The minimum atomic E-state index is -0.0977. The molecule has 0 aliphatic heterocycles. The van der Waals surface area contributed by atoms with E-state index in [0.29, 0.717) is 18.6 Å². The molecule has 0 atom stereocenters. The molecule has 0 saturated heterocycles. The molecule has 0 unspecified atom stereocenters. The Hall–Kier alpha value is -2.80. The fourth-order valence-electron chi connectivity index (χ4n) is 3.22. The van der Waals surface area contributed by atoms with Gasteiger partial charge in [-0.3, -0.25) is 4.79 Å². The van der Waals surface area contributed by atoms with Gasteiger partial charge in [-0.15, -0.1) is 0 Å². The van der Waals surface area contributed by atoms with Gasteiger partial charge in [-0.1, -0.05) is 69.7 Å². The molecule has 0 aliphatic rings. The zero-order valence-electron chi connectivity index (χ0n) is 18.1. The number of carbonyl (C=O) groups excluding carboxylic acids is 1. The third kappa shape index (κ3) is 9.13. The number of hydrogen-bond acceptors (Lipinski definition) is 4. The summed E-state index contributed by atoms with van der Waals surface area (Å²) in [5.41, 5.74) is 2.89. The first kappa shape index (κ1) is 23.5. The lowest BCUT2D eigenvalue weighted by atomic mass is 10.0. The average Bonchev–Trinajstić information content (AvgIpc) is 2.80. The summed E-state index contributed by atoms with van der Waals surface area (Å²) in [5.74, 6) is 0.802. The Morgan fingerprint density at radius 3 is 1.80 bits per heavy atom. The van der Waals surface area contributed by atoms with Crippen molar-refractivity contribution >= 4 is 5.97 Å². The predicted octanol–water partition coefficient (Wildman–Crippen LogP) is 6.68. The van der Waals surface area contributed by atoms with E-state index in [1.54, 1.807) is 0 Å². The standard InChI is InChI=1S/C26H33NO3/c1-2-26(28)30-20-10-8-6-4-3-5-7-9-19-29-25-17-15-24(16-18-25)23-13-11-22(21-27)12-14-23/h11-18H,2-10,19-20H2,1H3. The number of ether oxygens (including phenoxy) is 2. The number of hydrogen-bond donors (Lipinski definition) is 0. The Balaban J connectivity index is 1.49. The first-order valence-electron chi connectivity index (χ1n) is 11.1. The summed E-state index contributed by atoms with van der Waals surface area (Å²) >= 11 is 0. The Bertz CT molecular complexity index is 775. The summed E-state index contributed by atoms with van der Waals surface area (Å²) in [6.45, 7) is 3.14. The predicted molar refractivity (Wildman–Crippen MR) is 120 cm³/mol. The van der Waals surface area contributed by atoms with Gasteiger partial charge in [-0.25, -0.2) is 0 Å². The van der Waals surface area contributed by atoms with E-state index in [-0.39, 0.29) is 5.97 Å². The quantitative estimate of drug-likeness (QED) is 0.259. The van der Waals surface area contributed by atoms with Gasteiger partial charge in [0.15, 0.2) is 0 Å². The van der Waals surface area contributed by atoms with Crippen LogP contribution in [0.5, 0.6) is 5.75 Å². The summed E-state index contributed by atoms with van der Waals surface area (Å²) in [6.07, 6.45) is 9.81. The van der Waals surface area contributed by atoms with E-state index in [0.717, 1.165) is 42.7 Å². The number of unbranched alkanes of at least 4 members (excludes halogenated alkanes) is 7. The smallest absolute Gasteiger partial charge is 0.305 e. The average molecular weight is 408 g/mol. The molecule has 0 aromatic heterocycles. The van der Waals surface area contributed by atoms with Gasteiger partial charge in [0.1, 0.15) is 5.75 Å². The van der Waals surface area contributed by atoms with Crippen LogP contribution in [0.25, 0.3) is 11.1 Å². The van der Waals surface area contributed by atoms with Crippen LogP contribution < -0.4 is 4.74 Å². The van der Waals surface area contributed by atoms with E-state index >= 15 is 0 Å². The van der Waals surface area contributed by atoms with Crippen LogP contribution in [-0.2, 0) is 9.53 Å². The first-order chi connectivity index (χ1) is 14.7. The van der Waals surface area contributed by atoms with Crippen LogP contribution in [0.4, 0.5) is 0 Å². The highest BCUT2D eigenvalue weighted by Crippen LogP contribution is 2.23. The minimum absolute atomic E-state index is 0.0977. The summed E-state index contributed by atoms with van der Waals surface area (Å²) in [7, 11) is 0. The fourth-order valence-corrected chi connectivity index (χ4v) is 3.22. The van der Waals surface area contributed by atoms with Crippen molar-refractivity contribution in [2.24, 2.45) is 0 Å². The molecule has 160 valence electrons. The van der Waals surface area contributed by atoms with Gasteiger partial charge in [0, 0.05) is 6.42 Å². The number of carbonyl (C=O) groups is 1. The molecule has 0 saturated carbocycles. The van der Waals surface area contributed by atoms with E-state index in [1.807, 2.05) is 43.3 Å². The maximum Gasteiger partial charge on any atom is 0.305 e.